The lowest BCUT2D eigenvalue weighted by atomic mass is 9.79. The van der Waals surface area contributed by atoms with Crippen LogP contribution in [0.5, 0.6) is 0 Å². The summed E-state index contributed by atoms with van der Waals surface area (Å²) in [6, 6.07) is 70.1. The first-order valence-corrected chi connectivity index (χ1v) is 19.7. The maximum Gasteiger partial charge on any atom is 0.161 e. The van der Waals surface area contributed by atoms with Crippen LogP contribution in [0.2, 0.25) is 0 Å². The Labute approximate surface area is 332 Å². The number of benzene rings is 9. The second-order valence-electron chi connectivity index (χ2n) is 15.8. The van der Waals surface area contributed by atoms with Crippen molar-refractivity contribution in [2.24, 2.45) is 0 Å². The molecule has 1 aliphatic carbocycles. The van der Waals surface area contributed by atoms with Gasteiger partial charge in [0.1, 0.15) is 0 Å². The standard InChI is InChI=1S/C55H38N2/c1-55(2)50-33-41(26-27-47(50)48-28-25-36-14-8-9-20-44(36)53(48)55)43-29-30-49(46-22-11-10-21-45(43)46)54-56-51(37-15-4-3-5-16-37)34-52(57-54)42-19-12-18-39(32-42)40-24-23-35-13-6-7-17-38(35)31-40/h3-34H,1-2H3. The van der Waals surface area contributed by atoms with Crippen molar-refractivity contribution in [3.63, 3.8) is 0 Å². The molecule has 1 aliphatic rings. The van der Waals surface area contributed by atoms with Crippen molar-refractivity contribution >= 4 is 32.3 Å². The molecule has 0 unspecified atom stereocenters. The van der Waals surface area contributed by atoms with Crippen molar-refractivity contribution in [3.8, 4) is 67.3 Å². The molecule has 268 valence electrons. The molecule has 10 aromatic rings. The predicted octanol–water partition coefficient (Wildman–Crippen LogP) is 14.6. The molecule has 0 saturated heterocycles. The summed E-state index contributed by atoms with van der Waals surface area (Å²) in [4.78, 5) is 10.6. The van der Waals surface area contributed by atoms with Gasteiger partial charge in [-0.15, -0.1) is 0 Å². The van der Waals surface area contributed by atoms with Gasteiger partial charge in [-0.05, 0) is 107 Å². The largest absolute Gasteiger partial charge is 0.228 e. The van der Waals surface area contributed by atoms with Gasteiger partial charge in [0.25, 0.3) is 0 Å². The van der Waals surface area contributed by atoms with E-state index < -0.39 is 0 Å². The van der Waals surface area contributed by atoms with E-state index in [1.54, 1.807) is 0 Å². The summed E-state index contributed by atoms with van der Waals surface area (Å²) in [5.41, 5.74) is 15.0. The molecular weight excluding hydrogens is 689 g/mol. The minimum atomic E-state index is -0.134. The van der Waals surface area contributed by atoms with Crippen molar-refractivity contribution in [3.05, 3.63) is 205 Å². The first-order chi connectivity index (χ1) is 28.0. The summed E-state index contributed by atoms with van der Waals surface area (Å²) < 4.78 is 0. The van der Waals surface area contributed by atoms with Gasteiger partial charge < -0.3 is 0 Å². The fourth-order valence-electron chi connectivity index (χ4n) is 9.21. The van der Waals surface area contributed by atoms with Gasteiger partial charge in [0.15, 0.2) is 5.82 Å². The number of fused-ring (bicyclic) bond motifs is 7. The molecule has 0 radical (unpaired) electrons. The lowest BCUT2D eigenvalue weighted by Crippen LogP contribution is -2.15. The topological polar surface area (TPSA) is 25.8 Å². The zero-order valence-electron chi connectivity index (χ0n) is 31.9. The zero-order valence-corrected chi connectivity index (χ0v) is 31.9. The van der Waals surface area contributed by atoms with Gasteiger partial charge in [-0.1, -0.05) is 178 Å². The van der Waals surface area contributed by atoms with Crippen LogP contribution in [-0.2, 0) is 5.41 Å². The van der Waals surface area contributed by atoms with E-state index in [4.69, 9.17) is 9.97 Å². The second kappa shape index (κ2) is 13.0. The summed E-state index contributed by atoms with van der Waals surface area (Å²) in [6.45, 7) is 4.75. The zero-order chi connectivity index (χ0) is 38.1. The van der Waals surface area contributed by atoms with Crippen LogP contribution in [-0.4, -0.2) is 9.97 Å². The number of aromatic nitrogens is 2. The van der Waals surface area contributed by atoms with E-state index in [2.05, 4.69) is 202 Å². The fraction of sp³-hybridized carbons (Fsp3) is 0.0545. The summed E-state index contributed by atoms with van der Waals surface area (Å²) in [7, 11) is 0. The van der Waals surface area contributed by atoms with E-state index in [0.29, 0.717) is 5.82 Å². The molecule has 2 heteroatoms. The Morgan fingerprint density at radius 3 is 1.72 bits per heavy atom. The third-order valence-electron chi connectivity index (χ3n) is 12.0. The summed E-state index contributed by atoms with van der Waals surface area (Å²) in [6.07, 6.45) is 0. The van der Waals surface area contributed by atoms with Crippen LogP contribution >= 0.6 is 0 Å². The monoisotopic (exact) mass is 726 g/mol. The van der Waals surface area contributed by atoms with Crippen LogP contribution in [0.25, 0.3) is 99.6 Å². The van der Waals surface area contributed by atoms with E-state index >= 15 is 0 Å². The van der Waals surface area contributed by atoms with Crippen LogP contribution < -0.4 is 0 Å². The summed E-state index contributed by atoms with van der Waals surface area (Å²) in [5, 5.41) is 7.41. The highest BCUT2D eigenvalue weighted by atomic mass is 14.9. The maximum absolute atomic E-state index is 5.34. The molecule has 0 spiro atoms. The van der Waals surface area contributed by atoms with Gasteiger partial charge >= 0.3 is 0 Å². The quantitative estimate of drug-likeness (QED) is 0.176. The van der Waals surface area contributed by atoms with Crippen molar-refractivity contribution in [2.45, 2.75) is 19.3 Å². The molecule has 2 nitrogen and oxygen atoms in total. The van der Waals surface area contributed by atoms with Crippen molar-refractivity contribution in [1.29, 1.82) is 0 Å². The highest BCUT2D eigenvalue weighted by Gasteiger charge is 2.37. The molecule has 0 amide bonds. The predicted molar refractivity (Wildman–Crippen MR) is 239 cm³/mol. The van der Waals surface area contributed by atoms with Crippen LogP contribution in [0.1, 0.15) is 25.0 Å². The van der Waals surface area contributed by atoms with Crippen molar-refractivity contribution in [2.75, 3.05) is 0 Å². The smallest absolute Gasteiger partial charge is 0.161 e. The highest BCUT2D eigenvalue weighted by molar-refractivity contribution is 6.05. The third kappa shape index (κ3) is 5.48. The van der Waals surface area contributed by atoms with E-state index in [0.717, 1.165) is 39.0 Å². The van der Waals surface area contributed by atoms with Gasteiger partial charge in [-0.25, -0.2) is 9.97 Å². The molecule has 11 rings (SSSR count). The van der Waals surface area contributed by atoms with E-state index in [9.17, 15) is 0 Å². The minimum Gasteiger partial charge on any atom is -0.228 e. The van der Waals surface area contributed by atoms with Gasteiger partial charge in [-0.3, -0.25) is 0 Å². The van der Waals surface area contributed by atoms with Gasteiger partial charge in [0.2, 0.25) is 0 Å². The van der Waals surface area contributed by atoms with Crippen molar-refractivity contribution in [1.82, 2.24) is 9.97 Å². The number of hydrogen-bond donors (Lipinski definition) is 0. The van der Waals surface area contributed by atoms with E-state index in [-0.39, 0.29) is 5.41 Å². The van der Waals surface area contributed by atoms with Crippen LogP contribution in [0.3, 0.4) is 0 Å². The normalized spacial score (nSPS) is 12.9. The highest BCUT2D eigenvalue weighted by Crippen LogP contribution is 2.52. The molecule has 0 fully saturated rings. The summed E-state index contributed by atoms with van der Waals surface area (Å²) >= 11 is 0. The average Bonchev–Trinajstić information content (AvgIpc) is 3.51. The molecule has 57 heavy (non-hydrogen) atoms. The molecule has 0 bridgehead atoms. The molecule has 0 saturated carbocycles. The minimum absolute atomic E-state index is 0.134. The first-order valence-electron chi connectivity index (χ1n) is 19.7. The Kier molecular flexibility index (Phi) is 7.55. The molecule has 0 atom stereocenters. The van der Waals surface area contributed by atoms with Crippen LogP contribution in [0, 0.1) is 0 Å². The Hall–Kier alpha value is -7.16. The maximum atomic E-state index is 5.34. The van der Waals surface area contributed by atoms with Crippen molar-refractivity contribution < 1.29 is 0 Å². The lowest BCUT2D eigenvalue weighted by molar-refractivity contribution is 0.666. The van der Waals surface area contributed by atoms with E-state index in [1.807, 2.05) is 6.07 Å². The van der Waals surface area contributed by atoms with Crippen LogP contribution in [0.15, 0.2) is 194 Å². The van der Waals surface area contributed by atoms with Gasteiger partial charge in [0, 0.05) is 22.1 Å². The Morgan fingerprint density at radius 2 is 0.895 bits per heavy atom. The Bertz CT molecular complexity index is 3210. The summed E-state index contributed by atoms with van der Waals surface area (Å²) in [5.74, 6) is 0.711. The fourth-order valence-corrected chi connectivity index (χ4v) is 9.21. The van der Waals surface area contributed by atoms with Gasteiger partial charge in [-0.2, -0.15) is 0 Å². The number of hydrogen-bond acceptors (Lipinski definition) is 2. The second-order valence-corrected chi connectivity index (χ2v) is 15.8. The average molecular weight is 727 g/mol. The van der Waals surface area contributed by atoms with Gasteiger partial charge in [0.05, 0.1) is 11.4 Å². The van der Waals surface area contributed by atoms with Crippen LogP contribution in [0.4, 0.5) is 0 Å². The Balaban J connectivity index is 1.04. The molecule has 9 aromatic carbocycles. The SMILES string of the molecule is CC1(C)c2cc(-c3ccc(-c4nc(-c5ccccc5)cc(-c5cccc(-c6ccc7ccccc7c6)c5)n4)c4ccccc34)ccc2-c2ccc3ccccc3c21. The lowest BCUT2D eigenvalue weighted by Gasteiger charge is -2.24. The third-order valence-corrected chi connectivity index (χ3v) is 12.0. The molecular formula is C55H38N2. The molecule has 0 N–H and O–H groups in total. The molecule has 0 aliphatic heterocycles. The number of rotatable bonds is 5. The first kappa shape index (κ1) is 33.2. The molecule has 1 aromatic heterocycles. The Morgan fingerprint density at radius 1 is 0.333 bits per heavy atom. The number of nitrogens with zero attached hydrogens (tertiary/aromatic N) is 2. The van der Waals surface area contributed by atoms with E-state index in [1.165, 1.54) is 65.9 Å². The molecule has 1 heterocycles.